The van der Waals surface area contributed by atoms with Gasteiger partial charge in [-0.1, -0.05) is 36.8 Å². The van der Waals surface area contributed by atoms with Crippen molar-refractivity contribution in [3.05, 3.63) is 41.0 Å². The smallest absolute Gasteiger partial charge is 0.160 e. The Morgan fingerprint density at radius 3 is 2.11 bits per heavy atom. The number of hydrogen-bond donors (Lipinski definition) is 0. The molecule has 2 heteroatoms. The van der Waals surface area contributed by atoms with Gasteiger partial charge in [0.15, 0.2) is 5.78 Å². The molecule has 1 atom stereocenters. The van der Waals surface area contributed by atoms with E-state index in [2.05, 4.69) is 0 Å². The van der Waals surface area contributed by atoms with Crippen LogP contribution in [0.15, 0.2) is 29.8 Å². The molecule has 0 heterocycles. The molecule has 1 aromatic rings. The summed E-state index contributed by atoms with van der Waals surface area (Å²) in [6.07, 6.45) is 1.71. The van der Waals surface area contributed by atoms with E-state index in [-0.39, 0.29) is 11.7 Å². The molecule has 0 bridgehead atoms. The molecule has 0 unspecified atom stereocenters. The number of rotatable bonds is 5. The number of hydrogen-bond acceptors (Lipinski definition) is 2. The monoisotopic (exact) mass is 244 g/mol. The molecule has 0 aromatic heterocycles. The fourth-order valence-electron chi connectivity index (χ4n) is 2.07. The Kier molecular flexibility index (Phi) is 5.02. The van der Waals surface area contributed by atoms with Gasteiger partial charge >= 0.3 is 0 Å². The van der Waals surface area contributed by atoms with Gasteiger partial charge in [-0.2, -0.15) is 0 Å². The van der Waals surface area contributed by atoms with Crippen molar-refractivity contribution < 1.29 is 9.59 Å². The first-order valence-corrected chi connectivity index (χ1v) is 6.18. The van der Waals surface area contributed by atoms with Gasteiger partial charge in [0.1, 0.15) is 6.29 Å². The maximum absolute atomic E-state index is 11.6. The number of benzene rings is 1. The average molecular weight is 244 g/mol. The van der Waals surface area contributed by atoms with Crippen molar-refractivity contribution >= 4 is 17.6 Å². The van der Waals surface area contributed by atoms with Crippen LogP contribution in [0.1, 0.15) is 38.8 Å². The molecule has 0 aliphatic rings. The molecular formula is C16H20O2. The van der Waals surface area contributed by atoms with Crippen LogP contribution in [0.3, 0.4) is 0 Å². The van der Waals surface area contributed by atoms with Crippen LogP contribution in [0.25, 0.3) is 5.57 Å². The van der Waals surface area contributed by atoms with Gasteiger partial charge in [-0.05, 0) is 38.3 Å². The van der Waals surface area contributed by atoms with Gasteiger partial charge in [0.25, 0.3) is 0 Å². The average Bonchev–Trinajstić information content (AvgIpc) is 2.30. The molecule has 0 N–H and O–H groups in total. The van der Waals surface area contributed by atoms with Gasteiger partial charge in [-0.3, -0.25) is 4.79 Å². The zero-order valence-electron chi connectivity index (χ0n) is 11.5. The number of aldehydes is 1. The van der Waals surface area contributed by atoms with E-state index in [1.165, 1.54) is 0 Å². The largest absolute Gasteiger partial charge is 0.303 e. The zero-order valence-corrected chi connectivity index (χ0v) is 11.5. The maximum Gasteiger partial charge on any atom is 0.160 e. The van der Waals surface area contributed by atoms with E-state index in [4.69, 9.17) is 0 Å². The van der Waals surface area contributed by atoms with E-state index in [0.717, 1.165) is 35.0 Å². The third kappa shape index (κ3) is 3.66. The first kappa shape index (κ1) is 14.4. The van der Waals surface area contributed by atoms with Crippen LogP contribution in [0.4, 0.5) is 0 Å². The fraction of sp³-hybridized carbons (Fsp3) is 0.375. The second-order valence-corrected chi connectivity index (χ2v) is 4.95. The lowest BCUT2D eigenvalue weighted by atomic mass is 9.95. The van der Waals surface area contributed by atoms with E-state index in [1.54, 1.807) is 6.92 Å². The van der Waals surface area contributed by atoms with Crippen molar-refractivity contribution in [3.63, 3.8) is 0 Å². The topological polar surface area (TPSA) is 34.1 Å². The van der Waals surface area contributed by atoms with Crippen molar-refractivity contribution in [2.24, 2.45) is 5.92 Å². The Balaban J connectivity index is 2.99. The molecule has 0 saturated carbocycles. The minimum Gasteiger partial charge on any atom is -0.303 e. The van der Waals surface area contributed by atoms with E-state index < -0.39 is 0 Å². The first-order chi connectivity index (χ1) is 8.45. The van der Waals surface area contributed by atoms with Crippen LogP contribution in [-0.4, -0.2) is 12.1 Å². The van der Waals surface area contributed by atoms with Crippen LogP contribution in [0.2, 0.25) is 0 Å². The summed E-state index contributed by atoms with van der Waals surface area (Å²) >= 11 is 0. The van der Waals surface area contributed by atoms with Crippen LogP contribution < -0.4 is 0 Å². The summed E-state index contributed by atoms with van der Waals surface area (Å²) in [5.74, 6) is 0.121. The molecule has 0 aliphatic carbocycles. The van der Waals surface area contributed by atoms with Gasteiger partial charge in [0, 0.05) is 11.5 Å². The molecule has 0 fully saturated rings. The summed E-state index contributed by atoms with van der Waals surface area (Å²) in [6.45, 7) is 7.38. The Bertz CT molecular complexity index is 462. The number of ketones is 1. The summed E-state index contributed by atoms with van der Waals surface area (Å²) in [5, 5.41) is 0. The minimum absolute atomic E-state index is 0.0339. The number of allylic oxidation sites excluding steroid dienone is 2. The molecule has 0 aliphatic heterocycles. The molecule has 0 amide bonds. The quantitative estimate of drug-likeness (QED) is 0.587. The van der Waals surface area contributed by atoms with Gasteiger partial charge in [-0.15, -0.1) is 0 Å². The van der Waals surface area contributed by atoms with E-state index in [1.807, 2.05) is 45.0 Å². The summed E-state index contributed by atoms with van der Waals surface area (Å²) in [6, 6.07) is 7.88. The highest BCUT2D eigenvalue weighted by Crippen LogP contribution is 2.20. The standard InChI is InChI=1S/C16H20O2/c1-11(2)16(13(4)18)15-7-5-14(6-8-15)9-12(3)10-17/h5-8,10,12H,9H2,1-4H3/t12-/m0/s1. The van der Waals surface area contributed by atoms with Crippen LogP contribution in [0, 0.1) is 5.92 Å². The van der Waals surface area contributed by atoms with Crippen molar-refractivity contribution in [2.45, 2.75) is 34.1 Å². The maximum atomic E-state index is 11.6. The van der Waals surface area contributed by atoms with Crippen LogP contribution >= 0.6 is 0 Å². The molecule has 1 aromatic carbocycles. The molecule has 0 spiro atoms. The van der Waals surface area contributed by atoms with Gasteiger partial charge in [0.05, 0.1) is 0 Å². The normalized spacial score (nSPS) is 11.8. The van der Waals surface area contributed by atoms with Gasteiger partial charge in [0.2, 0.25) is 0 Å². The highest BCUT2D eigenvalue weighted by atomic mass is 16.1. The van der Waals surface area contributed by atoms with Gasteiger partial charge in [-0.25, -0.2) is 0 Å². The predicted octanol–water partition coefficient (Wildman–Crippen LogP) is 3.45. The Morgan fingerprint density at radius 1 is 1.17 bits per heavy atom. The van der Waals surface area contributed by atoms with E-state index >= 15 is 0 Å². The highest BCUT2D eigenvalue weighted by Gasteiger charge is 2.09. The Labute approximate surface area is 109 Å². The predicted molar refractivity (Wildman–Crippen MR) is 74.3 cm³/mol. The summed E-state index contributed by atoms with van der Waals surface area (Å²) < 4.78 is 0. The number of carbonyl (C=O) groups is 2. The lowest BCUT2D eigenvalue weighted by Crippen LogP contribution is -2.02. The molecule has 0 radical (unpaired) electrons. The van der Waals surface area contributed by atoms with E-state index in [9.17, 15) is 9.59 Å². The van der Waals surface area contributed by atoms with E-state index in [0.29, 0.717) is 0 Å². The van der Waals surface area contributed by atoms with Crippen molar-refractivity contribution in [3.8, 4) is 0 Å². The molecule has 1 rings (SSSR count). The summed E-state index contributed by atoms with van der Waals surface area (Å²) in [4.78, 5) is 22.2. The first-order valence-electron chi connectivity index (χ1n) is 6.18. The lowest BCUT2D eigenvalue weighted by molar-refractivity contribution is -0.112. The SMILES string of the molecule is CC(=O)C(=C(C)C)c1ccc(C[C@H](C)C=O)cc1. The van der Waals surface area contributed by atoms with Crippen molar-refractivity contribution in [1.82, 2.24) is 0 Å². The highest BCUT2D eigenvalue weighted by molar-refractivity contribution is 6.20. The van der Waals surface area contributed by atoms with Crippen LogP contribution in [-0.2, 0) is 16.0 Å². The molecule has 2 nitrogen and oxygen atoms in total. The molecule has 96 valence electrons. The number of Topliss-reactive ketones (excluding diaryl/α,β-unsaturated/α-hetero) is 1. The molecule has 18 heavy (non-hydrogen) atoms. The fourth-order valence-corrected chi connectivity index (χ4v) is 2.07. The minimum atomic E-state index is 0.0339. The third-order valence-electron chi connectivity index (χ3n) is 2.88. The summed E-state index contributed by atoms with van der Waals surface area (Å²) in [5.41, 5.74) is 3.88. The Morgan fingerprint density at radius 2 is 1.72 bits per heavy atom. The zero-order chi connectivity index (χ0) is 13.7. The Hall–Kier alpha value is -1.70. The number of carbonyl (C=O) groups excluding carboxylic acids is 2. The van der Waals surface area contributed by atoms with Crippen molar-refractivity contribution in [2.75, 3.05) is 0 Å². The second-order valence-electron chi connectivity index (χ2n) is 4.95. The van der Waals surface area contributed by atoms with Gasteiger partial charge < -0.3 is 4.79 Å². The molecular weight excluding hydrogens is 224 g/mol. The van der Waals surface area contributed by atoms with Crippen molar-refractivity contribution in [1.29, 1.82) is 0 Å². The molecule has 0 saturated heterocycles. The second kappa shape index (κ2) is 6.29. The third-order valence-corrected chi connectivity index (χ3v) is 2.88. The summed E-state index contributed by atoms with van der Waals surface area (Å²) in [7, 11) is 0. The van der Waals surface area contributed by atoms with Crippen LogP contribution in [0.5, 0.6) is 0 Å². The lowest BCUT2D eigenvalue weighted by Gasteiger charge is -2.09.